The highest BCUT2D eigenvalue weighted by atomic mass is 16.2. The van der Waals surface area contributed by atoms with Gasteiger partial charge in [-0.05, 0) is 50.8 Å². The average Bonchev–Trinajstić information content (AvgIpc) is 3.27. The van der Waals surface area contributed by atoms with Gasteiger partial charge >= 0.3 is 6.03 Å². The van der Waals surface area contributed by atoms with E-state index in [9.17, 15) is 9.59 Å². The minimum Gasteiger partial charge on any atom is -0.356 e. The molecule has 3 rings (SSSR count). The molecule has 2 fully saturated rings. The summed E-state index contributed by atoms with van der Waals surface area (Å²) in [4.78, 5) is 29.1. The Morgan fingerprint density at radius 2 is 1.71 bits per heavy atom. The van der Waals surface area contributed by atoms with Gasteiger partial charge in [0.05, 0.1) is 6.04 Å². The van der Waals surface area contributed by atoms with Crippen LogP contribution in [0.5, 0.6) is 0 Å². The van der Waals surface area contributed by atoms with Crippen LogP contribution in [0.4, 0.5) is 4.79 Å². The summed E-state index contributed by atoms with van der Waals surface area (Å²) >= 11 is 0. The summed E-state index contributed by atoms with van der Waals surface area (Å²) in [5, 5.41) is 6.12. The standard InChI is InChI=1S/C22H34N4O2/c1-2-12-23-21(27)19-10-15-26(16-11-19)22(28)24-17-20(25-13-6-7-14-25)18-8-4-3-5-9-18/h3-5,8-9,19-20H,2,6-7,10-17H2,1H3,(H,23,27)(H,24,28). The van der Waals surface area contributed by atoms with Gasteiger partial charge in [0.15, 0.2) is 0 Å². The van der Waals surface area contributed by atoms with E-state index in [4.69, 9.17) is 0 Å². The van der Waals surface area contributed by atoms with Crippen molar-refractivity contribution >= 4 is 11.9 Å². The molecule has 0 spiro atoms. The second-order valence-corrected chi connectivity index (χ2v) is 7.91. The van der Waals surface area contributed by atoms with E-state index in [2.05, 4.69) is 46.7 Å². The Bertz CT molecular complexity index is 623. The van der Waals surface area contributed by atoms with E-state index < -0.39 is 0 Å². The SMILES string of the molecule is CCCNC(=O)C1CCN(C(=O)NCC(c2ccccc2)N2CCCC2)CC1. The van der Waals surface area contributed by atoms with Crippen LogP contribution < -0.4 is 10.6 Å². The van der Waals surface area contributed by atoms with E-state index in [-0.39, 0.29) is 23.9 Å². The zero-order valence-corrected chi connectivity index (χ0v) is 17.0. The second-order valence-electron chi connectivity index (χ2n) is 7.91. The third kappa shape index (κ3) is 5.47. The lowest BCUT2D eigenvalue weighted by molar-refractivity contribution is -0.126. The normalized spacial score (nSPS) is 19.4. The van der Waals surface area contributed by atoms with Crippen LogP contribution >= 0.6 is 0 Å². The molecule has 0 radical (unpaired) electrons. The summed E-state index contributed by atoms with van der Waals surface area (Å²) in [5.41, 5.74) is 1.26. The van der Waals surface area contributed by atoms with Crippen LogP contribution in [0.3, 0.4) is 0 Å². The Kier molecular flexibility index (Phi) is 7.71. The molecular formula is C22H34N4O2. The third-order valence-electron chi connectivity index (χ3n) is 5.91. The molecule has 0 bridgehead atoms. The van der Waals surface area contributed by atoms with Gasteiger partial charge in [-0.2, -0.15) is 0 Å². The van der Waals surface area contributed by atoms with Crippen molar-refractivity contribution in [3.63, 3.8) is 0 Å². The molecular weight excluding hydrogens is 352 g/mol. The van der Waals surface area contributed by atoms with E-state index in [1.165, 1.54) is 18.4 Å². The summed E-state index contributed by atoms with van der Waals surface area (Å²) < 4.78 is 0. The lowest BCUT2D eigenvalue weighted by atomic mass is 9.96. The number of likely N-dealkylation sites (tertiary alicyclic amines) is 2. The quantitative estimate of drug-likeness (QED) is 0.757. The number of hydrogen-bond acceptors (Lipinski definition) is 3. The highest BCUT2D eigenvalue weighted by Crippen LogP contribution is 2.24. The Balaban J connectivity index is 1.49. The van der Waals surface area contributed by atoms with Crippen molar-refractivity contribution < 1.29 is 9.59 Å². The maximum Gasteiger partial charge on any atom is 0.317 e. The highest BCUT2D eigenvalue weighted by Gasteiger charge is 2.28. The van der Waals surface area contributed by atoms with Crippen LogP contribution in [0.15, 0.2) is 30.3 Å². The fraction of sp³-hybridized carbons (Fsp3) is 0.636. The van der Waals surface area contributed by atoms with Crippen molar-refractivity contribution in [1.29, 1.82) is 0 Å². The van der Waals surface area contributed by atoms with Crippen LogP contribution in [0.1, 0.15) is 50.6 Å². The highest BCUT2D eigenvalue weighted by molar-refractivity contribution is 5.79. The Labute approximate surface area is 168 Å². The van der Waals surface area contributed by atoms with Gasteiger partial charge in [-0.1, -0.05) is 37.3 Å². The van der Waals surface area contributed by atoms with Crippen molar-refractivity contribution in [2.24, 2.45) is 5.92 Å². The lowest BCUT2D eigenvalue weighted by Crippen LogP contribution is -2.48. The molecule has 6 nitrogen and oxygen atoms in total. The van der Waals surface area contributed by atoms with Crippen molar-refractivity contribution in [3.05, 3.63) is 35.9 Å². The summed E-state index contributed by atoms with van der Waals surface area (Å²) in [7, 11) is 0. The number of rotatable bonds is 7. The Morgan fingerprint density at radius 3 is 2.36 bits per heavy atom. The molecule has 1 unspecified atom stereocenters. The van der Waals surface area contributed by atoms with Gasteiger partial charge in [0.2, 0.25) is 5.91 Å². The molecule has 2 aliphatic heterocycles. The molecule has 0 aromatic heterocycles. The molecule has 1 aromatic carbocycles. The third-order valence-corrected chi connectivity index (χ3v) is 5.91. The van der Waals surface area contributed by atoms with Gasteiger partial charge in [0, 0.05) is 32.1 Å². The molecule has 6 heteroatoms. The second kappa shape index (κ2) is 10.5. The monoisotopic (exact) mass is 386 g/mol. The van der Waals surface area contributed by atoms with Gasteiger partial charge < -0.3 is 15.5 Å². The number of nitrogens with zero attached hydrogens (tertiary/aromatic N) is 2. The van der Waals surface area contributed by atoms with E-state index in [0.717, 1.165) is 38.9 Å². The summed E-state index contributed by atoms with van der Waals surface area (Å²) in [6, 6.07) is 10.7. The van der Waals surface area contributed by atoms with E-state index in [1.54, 1.807) is 0 Å². The molecule has 2 saturated heterocycles. The minimum atomic E-state index is -0.00690. The lowest BCUT2D eigenvalue weighted by Gasteiger charge is -2.33. The molecule has 0 saturated carbocycles. The van der Waals surface area contributed by atoms with Gasteiger partial charge in [-0.15, -0.1) is 0 Å². The van der Waals surface area contributed by atoms with Gasteiger partial charge in [-0.3, -0.25) is 9.69 Å². The van der Waals surface area contributed by atoms with Crippen LogP contribution in [-0.4, -0.2) is 61.0 Å². The molecule has 3 amide bonds. The molecule has 2 N–H and O–H groups in total. The van der Waals surface area contributed by atoms with Crippen LogP contribution in [0.25, 0.3) is 0 Å². The fourth-order valence-corrected chi connectivity index (χ4v) is 4.22. The summed E-state index contributed by atoms with van der Waals surface area (Å²) in [6.45, 7) is 6.89. The van der Waals surface area contributed by atoms with Gasteiger partial charge in [-0.25, -0.2) is 4.79 Å². The van der Waals surface area contributed by atoms with Crippen molar-refractivity contribution in [3.8, 4) is 0 Å². The van der Waals surface area contributed by atoms with Crippen LogP contribution in [0, 0.1) is 5.92 Å². The number of hydrogen-bond donors (Lipinski definition) is 2. The average molecular weight is 387 g/mol. The number of piperidine rings is 1. The zero-order valence-electron chi connectivity index (χ0n) is 17.0. The molecule has 28 heavy (non-hydrogen) atoms. The number of carbonyl (C=O) groups is 2. The van der Waals surface area contributed by atoms with Crippen molar-refractivity contribution in [1.82, 2.24) is 20.4 Å². The molecule has 1 atom stereocenters. The summed E-state index contributed by atoms with van der Waals surface area (Å²) in [6.07, 6.45) is 4.90. The van der Waals surface area contributed by atoms with Crippen LogP contribution in [-0.2, 0) is 4.79 Å². The molecule has 2 heterocycles. The maximum absolute atomic E-state index is 12.7. The predicted octanol–water partition coefficient (Wildman–Crippen LogP) is 2.77. The number of carbonyl (C=O) groups excluding carboxylic acids is 2. The molecule has 1 aromatic rings. The first kappa shape index (κ1) is 20.6. The number of amides is 3. The van der Waals surface area contributed by atoms with Crippen LogP contribution in [0.2, 0.25) is 0 Å². The van der Waals surface area contributed by atoms with Crippen molar-refractivity contribution in [2.75, 3.05) is 39.3 Å². The smallest absolute Gasteiger partial charge is 0.317 e. The minimum absolute atomic E-state index is 0.00690. The van der Waals surface area contributed by atoms with Gasteiger partial charge in [0.1, 0.15) is 0 Å². The van der Waals surface area contributed by atoms with Crippen molar-refractivity contribution in [2.45, 2.75) is 45.1 Å². The largest absolute Gasteiger partial charge is 0.356 e. The first-order valence-corrected chi connectivity index (χ1v) is 10.8. The Hall–Kier alpha value is -2.08. The number of benzene rings is 1. The Morgan fingerprint density at radius 1 is 1.04 bits per heavy atom. The zero-order chi connectivity index (χ0) is 19.8. The molecule has 0 aliphatic carbocycles. The first-order valence-electron chi connectivity index (χ1n) is 10.8. The van der Waals surface area contributed by atoms with E-state index in [1.807, 2.05) is 11.0 Å². The number of urea groups is 1. The maximum atomic E-state index is 12.7. The first-order chi connectivity index (χ1) is 13.7. The predicted molar refractivity (Wildman–Crippen MR) is 111 cm³/mol. The molecule has 2 aliphatic rings. The van der Waals surface area contributed by atoms with Gasteiger partial charge in [0.25, 0.3) is 0 Å². The van der Waals surface area contributed by atoms with E-state index in [0.29, 0.717) is 19.6 Å². The fourth-order valence-electron chi connectivity index (χ4n) is 4.22. The summed E-state index contributed by atoms with van der Waals surface area (Å²) in [5.74, 6) is 0.178. The topological polar surface area (TPSA) is 64.7 Å². The number of nitrogens with one attached hydrogen (secondary N) is 2. The van der Waals surface area contributed by atoms with E-state index >= 15 is 0 Å². The molecule has 154 valence electrons.